The molecule has 2 aliphatic carbocycles. The fourth-order valence-corrected chi connectivity index (χ4v) is 6.15. The van der Waals surface area contributed by atoms with E-state index in [0.717, 1.165) is 24.8 Å². The molecule has 3 unspecified atom stereocenters. The minimum Gasteiger partial charge on any atom is -0.336 e. The standard InChI is InChI=1S/C28H28N2O/c31-27(20-5-2-1-3-6-20)14-10-19-9-13-25-22(17-19)12-11-21-7-4-8-23-24-18-29-16-15-26(24)30(25)28(21)23/h1-3,5-7,11-12,15-16,18-19,22,25H,4,8-10,13-14,17H2. The van der Waals surface area contributed by atoms with Gasteiger partial charge in [0, 0.05) is 35.8 Å². The zero-order valence-electron chi connectivity index (χ0n) is 17.8. The molecule has 0 bridgehead atoms. The molecule has 31 heavy (non-hydrogen) atoms. The third-order valence-corrected chi connectivity index (χ3v) is 7.64. The van der Waals surface area contributed by atoms with Gasteiger partial charge in [-0.25, -0.2) is 0 Å². The summed E-state index contributed by atoms with van der Waals surface area (Å²) >= 11 is 0. The van der Waals surface area contributed by atoms with Crippen molar-refractivity contribution in [2.24, 2.45) is 11.8 Å². The highest BCUT2D eigenvalue weighted by Crippen LogP contribution is 2.47. The van der Waals surface area contributed by atoms with Gasteiger partial charge in [-0.05, 0) is 67.6 Å². The van der Waals surface area contributed by atoms with E-state index in [1.54, 1.807) is 0 Å². The quantitative estimate of drug-likeness (QED) is 0.458. The molecule has 3 heteroatoms. The number of ketones is 1. The maximum absolute atomic E-state index is 12.6. The molecule has 3 atom stereocenters. The van der Waals surface area contributed by atoms with Gasteiger partial charge in [0.2, 0.25) is 0 Å². The lowest BCUT2D eigenvalue weighted by Gasteiger charge is -2.36. The zero-order valence-corrected chi connectivity index (χ0v) is 17.8. The third kappa shape index (κ3) is 3.18. The van der Waals surface area contributed by atoms with Crippen molar-refractivity contribution >= 4 is 22.3 Å². The largest absolute Gasteiger partial charge is 0.336 e. The number of Topliss-reactive ketones (excluding diaryl/α,β-unsaturated/α-hetero) is 1. The van der Waals surface area contributed by atoms with E-state index in [0.29, 0.717) is 24.3 Å². The van der Waals surface area contributed by atoms with Crippen molar-refractivity contribution in [3.05, 3.63) is 83.8 Å². The van der Waals surface area contributed by atoms with Crippen LogP contribution in [0.4, 0.5) is 0 Å². The van der Waals surface area contributed by atoms with Crippen LogP contribution < -0.4 is 0 Å². The molecule has 3 aliphatic rings. The number of benzene rings is 1. The van der Waals surface area contributed by atoms with Crippen LogP contribution in [0.2, 0.25) is 0 Å². The minimum absolute atomic E-state index is 0.283. The van der Waals surface area contributed by atoms with Crippen LogP contribution in [-0.4, -0.2) is 15.3 Å². The molecule has 2 aromatic heterocycles. The van der Waals surface area contributed by atoms with Gasteiger partial charge in [0.25, 0.3) is 0 Å². The number of carbonyl (C=O) groups is 1. The van der Waals surface area contributed by atoms with Crippen LogP contribution >= 0.6 is 0 Å². The Hall–Kier alpha value is -2.94. The van der Waals surface area contributed by atoms with E-state index in [1.807, 2.05) is 36.5 Å². The molecule has 0 spiro atoms. The van der Waals surface area contributed by atoms with E-state index in [-0.39, 0.29) is 5.78 Å². The van der Waals surface area contributed by atoms with Crippen LogP contribution in [0.5, 0.6) is 0 Å². The Labute approximate surface area is 183 Å². The molecular formula is C28H28N2O. The van der Waals surface area contributed by atoms with Crippen molar-refractivity contribution < 1.29 is 4.79 Å². The van der Waals surface area contributed by atoms with Crippen molar-refractivity contribution in [2.45, 2.75) is 51.0 Å². The highest BCUT2D eigenvalue weighted by atomic mass is 16.1. The molecule has 0 radical (unpaired) electrons. The lowest BCUT2D eigenvalue weighted by Crippen LogP contribution is -2.27. The molecule has 0 amide bonds. The van der Waals surface area contributed by atoms with Gasteiger partial charge in [-0.15, -0.1) is 0 Å². The number of fused-ring (bicyclic) bond motifs is 5. The van der Waals surface area contributed by atoms with Crippen LogP contribution in [0.15, 0.2) is 67.0 Å². The van der Waals surface area contributed by atoms with Gasteiger partial charge >= 0.3 is 0 Å². The Morgan fingerprint density at radius 3 is 2.94 bits per heavy atom. The van der Waals surface area contributed by atoms with E-state index in [9.17, 15) is 4.79 Å². The Morgan fingerprint density at radius 1 is 1.13 bits per heavy atom. The molecule has 0 N–H and O–H groups in total. The van der Waals surface area contributed by atoms with Crippen LogP contribution in [0.1, 0.15) is 66.2 Å². The number of nitrogens with zero attached hydrogens (tertiary/aromatic N) is 2. The highest BCUT2D eigenvalue weighted by Gasteiger charge is 2.36. The van der Waals surface area contributed by atoms with Crippen LogP contribution in [0, 0.1) is 11.8 Å². The number of carbonyl (C=O) groups excluding carboxylic acids is 1. The Kier molecular flexibility index (Phi) is 4.63. The zero-order chi connectivity index (χ0) is 20.8. The second-order valence-corrected chi connectivity index (χ2v) is 9.39. The Morgan fingerprint density at radius 2 is 2.03 bits per heavy atom. The molecular weight excluding hydrogens is 380 g/mol. The van der Waals surface area contributed by atoms with Gasteiger partial charge in [-0.2, -0.15) is 0 Å². The summed E-state index contributed by atoms with van der Waals surface area (Å²) in [5, 5.41) is 1.34. The summed E-state index contributed by atoms with van der Waals surface area (Å²) in [5.41, 5.74) is 6.52. The van der Waals surface area contributed by atoms with E-state index in [1.165, 1.54) is 47.0 Å². The third-order valence-electron chi connectivity index (χ3n) is 7.64. The molecule has 1 saturated carbocycles. The molecule has 3 aromatic rings. The molecule has 3 heterocycles. The normalized spacial score (nSPS) is 24.3. The summed E-state index contributed by atoms with van der Waals surface area (Å²) in [6.07, 6.45) is 18.7. The van der Waals surface area contributed by atoms with Gasteiger partial charge in [0.1, 0.15) is 0 Å². The molecule has 6 rings (SSSR count). The molecule has 1 aromatic carbocycles. The average Bonchev–Trinajstić information content (AvgIpc) is 3.07. The van der Waals surface area contributed by atoms with Crippen molar-refractivity contribution in [3.63, 3.8) is 0 Å². The van der Waals surface area contributed by atoms with Gasteiger partial charge < -0.3 is 4.57 Å². The molecule has 0 saturated heterocycles. The number of rotatable bonds is 4. The first-order valence-corrected chi connectivity index (χ1v) is 11.7. The molecule has 1 fully saturated rings. The smallest absolute Gasteiger partial charge is 0.162 e. The number of hydrogen-bond acceptors (Lipinski definition) is 2. The second-order valence-electron chi connectivity index (χ2n) is 9.39. The number of hydrogen-bond donors (Lipinski definition) is 0. The van der Waals surface area contributed by atoms with Gasteiger partial charge in [0.15, 0.2) is 5.78 Å². The summed E-state index contributed by atoms with van der Waals surface area (Å²) < 4.78 is 2.65. The van der Waals surface area contributed by atoms with Crippen LogP contribution in [0.3, 0.4) is 0 Å². The lowest BCUT2D eigenvalue weighted by atomic mass is 9.75. The Bertz CT molecular complexity index is 1200. The summed E-state index contributed by atoms with van der Waals surface area (Å²) in [4.78, 5) is 17.0. The van der Waals surface area contributed by atoms with Gasteiger partial charge in [0.05, 0.1) is 11.2 Å². The molecule has 3 nitrogen and oxygen atoms in total. The summed E-state index contributed by atoms with van der Waals surface area (Å²) in [6.45, 7) is 0. The average molecular weight is 409 g/mol. The first-order chi connectivity index (χ1) is 15.3. The minimum atomic E-state index is 0.283. The highest BCUT2D eigenvalue weighted by molar-refractivity contribution is 5.96. The van der Waals surface area contributed by atoms with Crippen LogP contribution in [-0.2, 0) is 6.42 Å². The number of aromatic nitrogens is 2. The predicted octanol–water partition coefficient (Wildman–Crippen LogP) is 6.56. The molecule has 1 aliphatic heterocycles. The SMILES string of the molecule is O=C(CCC1CCC2C(C=CC3=CCCc4c3n2c2ccncc42)C1)c1ccccc1. The predicted molar refractivity (Wildman–Crippen MR) is 125 cm³/mol. The number of allylic oxidation sites excluding steroid dienone is 4. The second kappa shape index (κ2) is 7.64. The lowest BCUT2D eigenvalue weighted by molar-refractivity contribution is 0.0964. The number of pyridine rings is 1. The number of aryl methyl sites for hydroxylation is 1. The van der Waals surface area contributed by atoms with Crippen molar-refractivity contribution in [3.8, 4) is 0 Å². The van der Waals surface area contributed by atoms with Crippen molar-refractivity contribution in [1.29, 1.82) is 0 Å². The molecule has 156 valence electrons. The van der Waals surface area contributed by atoms with E-state index < -0.39 is 0 Å². The van der Waals surface area contributed by atoms with Crippen molar-refractivity contribution in [1.82, 2.24) is 9.55 Å². The van der Waals surface area contributed by atoms with E-state index in [2.05, 4.69) is 40.0 Å². The van der Waals surface area contributed by atoms with Crippen molar-refractivity contribution in [2.75, 3.05) is 0 Å². The first kappa shape index (κ1) is 18.8. The summed E-state index contributed by atoms with van der Waals surface area (Å²) in [5.74, 6) is 1.44. The van der Waals surface area contributed by atoms with E-state index >= 15 is 0 Å². The van der Waals surface area contributed by atoms with Gasteiger partial charge in [-0.1, -0.05) is 48.6 Å². The summed E-state index contributed by atoms with van der Waals surface area (Å²) in [7, 11) is 0. The topological polar surface area (TPSA) is 34.9 Å². The first-order valence-electron chi connectivity index (χ1n) is 11.7. The van der Waals surface area contributed by atoms with Crippen LogP contribution in [0.25, 0.3) is 16.5 Å². The maximum atomic E-state index is 12.6. The summed E-state index contributed by atoms with van der Waals surface area (Å²) in [6, 6.07) is 12.5. The van der Waals surface area contributed by atoms with E-state index in [4.69, 9.17) is 0 Å². The van der Waals surface area contributed by atoms with Gasteiger partial charge in [-0.3, -0.25) is 9.78 Å². The maximum Gasteiger partial charge on any atom is 0.162 e. The fraction of sp³-hybridized carbons (Fsp3) is 0.357. The Balaban J connectivity index is 1.27. The monoisotopic (exact) mass is 408 g/mol. The fourth-order valence-electron chi connectivity index (χ4n) is 6.15.